The van der Waals surface area contributed by atoms with Gasteiger partial charge in [0.1, 0.15) is 0 Å². The number of morpholine rings is 1. The molecule has 0 unspecified atom stereocenters. The lowest BCUT2D eigenvalue weighted by molar-refractivity contribution is -0.0349. The molecule has 0 amide bonds. The second-order valence-corrected chi connectivity index (χ2v) is 6.66. The van der Waals surface area contributed by atoms with Crippen LogP contribution in [-0.4, -0.2) is 45.7 Å². The Morgan fingerprint density at radius 3 is 3.04 bits per heavy atom. The highest BCUT2D eigenvalue weighted by Crippen LogP contribution is 2.16. The molecule has 0 bridgehead atoms. The predicted octanol–water partition coefficient (Wildman–Crippen LogP) is 2.15. The molecule has 4 rings (SSSR count). The van der Waals surface area contributed by atoms with E-state index in [1.165, 1.54) is 11.7 Å². The summed E-state index contributed by atoms with van der Waals surface area (Å²) in [5, 5.41) is 1.17. The minimum atomic E-state index is -0.108. The summed E-state index contributed by atoms with van der Waals surface area (Å²) in [4.78, 5) is 25.2. The van der Waals surface area contributed by atoms with Crippen molar-refractivity contribution in [3.63, 3.8) is 0 Å². The van der Waals surface area contributed by atoms with Gasteiger partial charge in [-0.15, -0.1) is 0 Å². The summed E-state index contributed by atoms with van der Waals surface area (Å²) in [5.41, 5.74) is 2.82. The maximum Gasteiger partial charge on any atom is 0.250 e. The molecule has 3 aromatic rings. The van der Waals surface area contributed by atoms with Crippen LogP contribution >= 0.6 is 0 Å². The number of ether oxygens (including phenoxy) is 1. The van der Waals surface area contributed by atoms with Crippen molar-refractivity contribution in [3.05, 3.63) is 70.5 Å². The molecule has 1 atom stereocenters. The zero-order chi connectivity index (χ0) is 17.8. The second kappa shape index (κ2) is 7.76. The quantitative estimate of drug-likeness (QED) is 0.763. The van der Waals surface area contributed by atoms with Crippen LogP contribution < -0.4 is 5.56 Å². The number of pyridine rings is 1. The minimum absolute atomic E-state index is 0.108. The lowest BCUT2D eigenvalue weighted by Crippen LogP contribution is -2.42. The van der Waals surface area contributed by atoms with E-state index in [0.29, 0.717) is 0 Å². The van der Waals surface area contributed by atoms with Crippen LogP contribution in [0.2, 0.25) is 0 Å². The molecule has 1 aromatic carbocycles. The predicted molar refractivity (Wildman–Crippen MR) is 99.9 cm³/mol. The maximum absolute atomic E-state index is 11.3. The molecule has 1 N–H and O–H groups in total. The monoisotopic (exact) mass is 350 g/mol. The average Bonchev–Trinajstić information content (AvgIpc) is 2.67. The summed E-state index contributed by atoms with van der Waals surface area (Å²) in [5.74, 6) is 0. The van der Waals surface area contributed by atoms with Crippen molar-refractivity contribution in [2.75, 3.05) is 19.7 Å². The highest BCUT2D eigenvalue weighted by molar-refractivity contribution is 5.78. The van der Waals surface area contributed by atoms with Crippen molar-refractivity contribution in [1.82, 2.24) is 19.9 Å². The van der Waals surface area contributed by atoms with Crippen molar-refractivity contribution in [1.29, 1.82) is 0 Å². The number of aromatic amines is 1. The Kier molecular flexibility index (Phi) is 5.04. The van der Waals surface area contributed by atoms with Gasteiger partial charge >= 0.3 is 0 Å². The van der Waals surface area contributed by atoms with Crippen molar-refractivity contribution in [2.24, 2.45) is 0 Å². The van der Waals surface area contributed by atoms with E-state index in [2.05, 4.69) is 39.1 Å². The number of para-hydroxylation sites is 1. The number of benzene rings is 1. The number of H-pyrrole nitrogens is 1. The van der Waals surface area contributed by atoms with Gasteiger partial charge in [-0.25, -0.2) is 4.98 Å². The minimum Gasteiger partial charge on any atom is -0.376 e. The molecule has 0 radical (unpaired) electrons. The Bertz CT molecular complexity index is 940. The normalized spacial score (nSPS) is 18.2. The number of aryl methyl sites for hydroxylation is 1. The SMILES string of the molecule is O=c1cc(CC[C@@H]2CN(Cc3ccc4ccccc4n3)CCO2)nc[nH]1. The molecular weight excluding hydrogens is 328 g/mol. The third-order valence-corrected chi connectivity index (χ3v) is 4.72. The van der Waals surface area contributed by atoms with E-state index in [4.69, 9.17) is 9.72 Å². The smallest absolute Gasteiger partial charge is 0.250 e. The van der Waals surface area contributed by atoms with Gasteiger partial charge in [0, 0.05) is 36.8 Å². The molecule has 134 valence electrons. The first-order valence-electron chi connectivity index (χ1n) is 8.98. The Hall–Kier alpha value is -2.57. The molecule has 3 heterocycles. The van der Waals surface area contributed by atoms with Crippen molar-refractivity contribution in [3.8, 4) is 0 Å². The summed E-state index contributed by atoms with van der Waals surface area (Å²) in [6.45, 7) is 3.33. The van der Waals surface area contributed by atoms with E-state index in [1.807, 2.05) is 12.1 Å². The molecule has 1 saturated heterocycles. The number of rotatable bonds is 5. The zero-order valence-electron chi connectivity index (χ0n) is 14.6. The van der Waals surface area contributed by atoms with Crippen LogP contribution in [0.3, 0.4) is 0 Å². The second-order valence-electron chi connectivity index (χ2n) is 6.66. The van der Waals surface area contributed by atoms with Gasteiger partial charge in [-0.05, 0) is 25.0 Å². The molecule has 0 saturated carbocycles. The van der Waals surface area contributed by atoms with Gasteiger partial charge in [-0.2, -0.15) is 0 Å². The molecule has 0 spiro atoms. The Labute approximate surface area is 151 Å². The Morgan fingerprint density at radius 1 is 1.19 bits per heavy atom. The highest BCUT2D eigenvalue weighted by Gasteiger charge is 2.21. The fraction of sp³-hybridized carbons (Fsp3) is 0.350. The number of hydrogen-bond acceptors (Lipinski definition) is 5. The zero-order valence-corrected chi connectivity index (χ0v) is 14.6. The number of fused-ring (bicyclic) bond motifs is 1. The molecule has 2 aromatic heterocycles. The molecule has 0 aliphatic carbocycles. The van der Waals surface area contributed by atoms with Crippen molar-refractivity contribution >= 4 is 10.9 Å². The third-order valence-electron chi connectivity index (χ3n) is 4.72. The molecular formula is C20H22N4O2. The molecule has 1 aliphatic rings. The van der Waals surface area contributed by atoms with Gasteiger partial charge in [0.25, 0.3) is 5.56 Å². The highest BCUT2D eigenvalue weighted by atomic mass is 16.5. The first-order chi connectivity index (χ1) is 12.8. The first-order valence-corrected chi connectivity index (χ1v) is 8.98. The summed E-state index contributed by atoms with van der Waals surface area (Å²) in [6, 6.07) is 14.0. The summed E-state index contributed by atoms with van der Waals surface area (Å²) in [7, 11) is 0. The van der Waals surface area contributed by atoms with Gasteiger partial charge in [-0.1, -0.05) is 24.3 Å². The van der Waals surface area contributed by atoms with Crippen LogP contribution in [0.4, 0.5) is 0 Å². The van der Waals surface area contributed by atoms with Crippen molar-refractivity contribution in [2.45, 2.75) is 25.5 Å². The standard InChI is InChI=1S/C20H22N4O2/c25-20-11-16(21-14-22-20)7-8-18-13-24(9-10-26-18)12-17-6-5-15-3-1-2-4-19(15)23-17/h1-6,11,14,18H,7-10,12-13H2,(H,21,22,25)/t18-/m1/s1. The number of hydrogen-bond donors (Lipinski definition) is 1. The van der Waals surface area contributed by atoms with E-state index in [0.717, 1.165) is 56.0 Å². The Morgan fingerprint density at radius 2 is 2.12 bits per heavy atom. The van der Waals surface area contributed by atoms with E-state index < -0.39 is 0 Å². The fourth-order valence-corrected chi connectivity index (χ4v) is 3.38. The van der Waals surface area contributed by atoms with Gasteiger partial charge in [0.2, 0.25) is 0 Å². The lowest BCUT2D eigenvalue weighted by Gasteiger charge is -2.32. The fourth-order valence-electron chi connectivity index (χ4n) is 3.38. The number of nitrogens with one attached hydrogen (secondary N) is 1. The largest absolute Gasteiger partial charge is 0.376 e. The summed E-state index contributed by atoms with van der Waals surface area (Å²) >= 11 is 0. The van der Waals surface area contributed by atoms with Crippen molar-refractivity contribution < 1.29 is 4.74 Å². The number of aromatic nitrogens is 3. The molecule has 1 fully saturated rings. The van der Waals surface area contributed by atoms with E-state index in [-0.39, 0.29) is 11.7 Å². The summed E-state index contributed by atoms with van der Waals surface area (Å²) < 4.78 is 5.89. The van der Waals surface area contributed by atoms with Gasteiger partial charge in [0.15, 0.2) is 0 Å². The Balaban J connectivity index is 1.36. The van der Waals surface area contributed by atoms with E-state index in [9.17, 15) is 4.79 Å². The third kappa shape index (κ3) is 4.15. The summed E-state index contributed by atoms with van der Waals surface area (Å²) in [6.07, 6.45) is 3.22. The van der Waals surface area contributed by atoms with Gasteiger partial charge in [0.05, 0.1) is 30.2 Å². The molecule has 6 nitrogen and oxygen atoms in total. The van der Waals surface area contributed by atoms with Crippen LogP contribution in [-0.2, 0) is 17.7 Å². The van der Waals surface area contributed by atoms with E-state index in [1.54, 1.807) is 6.07 Å². The average molecular weight is 350 g/mol. The first kappa shape index (κ1) is 16.9. The molecule has 26 heavy (non-hydrogen) atoms. The van der Waals surface area contributed by atoms with Gasteiger partial charge in [-0.3, -0.25) is 14.7 Å². The van der Waals surface area contributed by atoms with Crippen LogP contribution in [0.25, 0.3) is 10.9 Å². The van der Waals surface area contributed by atoms with Gasteiger partial charge < -0.3 is 9.72 Å². The number of nitrogens with zero attached hydrogens (tertiary/aromatic N) is 3. The lowest BCUT2D eigenvalue weighted by atomic mass is 10.1. The van der Waals surface area contributed by atoms with Crippen LogP contribution in [0.1, 0.15) is 17.8 Å². The molecule has 1 aliphatic heterocycles. The van der Waals surface area contributed by atoms with Crippen LogP contribution in [0.5, 0.6) is 0 Å². The van der Waals surface area contributed by atoms with Crippen LogP contribution in [0.15, 0.2) is 53.6 Å². The maximum atomic E-state index is 11.3. The van der Waals surface area contributed by atoms with Crippen LogP contribution in [0, 0.1) is 0 Å². The molecule has 6 heteroatoms. The topological polar surface area (TPSA) is 71.1 Å². The van der Waals surface area contributed by atoms with E-state index >= 15 is 0 Å².